The lowest BCUT2D eigenvalue weighted by molar-refractivity contribution is 0.528. The molecule has 2 aromatic carbocycles. The summed E-state index contributed by atoms with van der Waals surface area (Å²) >= 11 is 0. The van der Waals surface area contributed by atoms with Crippen molar-refractivity contribution in [1.82, 2.24) is 4.98 Å². The monoisotopic (exact) mass is 554 g/mol. The van der Waals surface area contributed by atoms with Crippen molar-refractivity contribution in [2.75, 3.05) is 18.0 Å². The Labute approximate surface area is 252 Å². The number of aromatic nitrogens is 1. The molecule has 0 saturated heterocycles. The molecule has 1 aromatic heterocycles. The Hall–Kier alpha value is -2.61. The Morgan fingerprint density at radius 3 is 1.68 bits per heavy atom. The maximum atomic E-state index is 4.48. The highest BCUT2D eigenvalue weighted by molar-refractivity contribution is 5.90. The molecule has 0 radical (unpaired) electrons. The Kier molecular flexibility index (Phi) is 17.0. The maximum absolute atomic E-state index is 4.48. The van der Waals surface area contributed by atoms with E-state index in [1.54, 1.807) is 0 Å². The van der Waals surface area contributed by atoms with Crippen LogP contribution in [0.4, 0.5) is 5.69 Å². The van der Waals surface area contributed by atoms with E-state index >= 15 is 0 Å². The highest BCUT2D eigenvalue weighted by atomic mass is 15.1. The summed E-state index contributed by atoms with van der Waals surface area (Å²) in [6.07, 6.45) is 31.6. The van der Waals surface area contributed by atoms with Crippen molar-refractivity contribution in [1.29, 1.82) is 0 Å². The molecule has 0 fully saturated rings. The van der Waals surface area contributed by atoms with Crippen LogP contribution in [0, 0.1) is 0 Å². The van der Waals surface area contributed by atoms with Crippen molar-refractivity contribution in [3.8, 4) is 0 Å². The summed E-state index contributed by atoms with van der Waals surface area (Å²) in [5, 5.41) is 1.20. The summed E-state index contributed by atoms with van der Waals surface area (Å²) in [5.74, 6) is 0. The first kappa shape index (κ1) is 32.9. The highest BCUT2D eigenvalue weighted by Gasteiger charge is 2.06. The van der Waals surface area contributed by atoms with E-state index < -0.39 is 0 Å². The van der Waals surface area contributed by atoms with Gasteiger partial charge in [-0.2, -0.15) is 0 Å². The fraction of sp³-hybridized carbons (Fsp3) is 0.564. The van der Waals surface area contributed by atoms with Crippen molar-refractivity contribution < 1.29 is 0 Å². The minimum absolute atomic E-state index is 1.05. The normalized spacial score (nSPS) is 11.6. The molecule has 3 rings (SSSR count). The Balaban J connectivity index is 1.30. The van der Waals surface area contributed by atoms with Crippen molar-refractivity contribution in [2.45, 2.75) is 129 Å². The number of para-hydroxylation sites is 1. The van der Waals surface area contributed by atoms with Crippen LogP contribution in [0.25, 0.3) is 23.1 Å². The molecule has 3 aromatic rings. The van der Waals surface area contributed by atoms with Gasteiger partial charge in [0.25, 0.3) is 0 Å². The van der Waals surface area contributed by atoms with Crippen LogP contribution in [-0.4, -0.2) is 18.1 Å². The largest absolute Gasteiger partial charge is 0.372 e. The Morgan fingerprint density at radius 1 is 0.537 bits per heavy atom. The van der Waals surface area contributed by atoms with Gasteiger partial charge in [-0.1, -0.05) is 159 Å². The third kappa shape index (κ3) is 13.3. The number of rotatable bonds is 23. The van der Waals surface area contributed by atoms with E-state index in [1.807, 2.05) is 12.3 Å². The summed E-state index contributed by atoms with van der Waals surface area (Å²) in [4.78, 5) is 7.09. The molecule has 0 amide bonds. The third-order valence-electron chi connectivity index (χ3n) is 8.46. The van der Waals surface area contributed by atoms with E-state index in [2.05, 4.69) is 84.4 Å². The van der Waals surface area contributed by atoms with Gasteiger partial charge in [-0.25, -0.2) is 0 Å². The summed E-state index contributed by atoms with van der Waals surface area (Å²) in [5.41, 5.74) is 4.87. The van der Waals surface area contributed by atoms with Crippen LogP contribution < -0.4 is 4.90 Å². The molecular formula is C39H58N2. The number of hydrogen-bond acceptors (Lipinski definition) is 2. The van der Waals surface area contributed by atoms with Crippen molar-refractivity contribution in [3.05, 3.63) is 71.9 Å². The summed E-state index contributed by atoms with van der Waals surface area (Å²) < 4.78 is 0. The average molecular weight is 555 g/mol. The van der Waals surface area contributed by atoms with Crippen LogP contribution in [0.3, 0.4) is 0 Å². The molecule has 0 bridgehead atoms. The Bertz CT molecular complexity index is 1080. The molecule has 0 spiro atoms. The molecule has 0 saturated carbocycles. The zero-order valence-corrected chi connectivity index (χ0v) is 26.5. The van der Waals surface area contributed by atoms with E-state index in [0.717, 1.165) is 12.1 Å². The van der Waals surface area contributed by atoms with Gasteiger partial charge < -0.3 is 4.90 Å². The van der Waals surface area contributed by atoms with E-state index in [4.69, 9.17) is 0 Å². The van der Waals surface area contributed by atoms with Crippen molar-refractivity contribution >= 4 is 28.7 Å². The number of nitrogens with zero attached hydrogens (tertiary/aromatic N) is 2. The molecule has 0 aliphatic rings. The SMILES string of the molecule is CCCCCCCCCCCCCCCCCCN(CCCC)c1ccc(/C=C/c2ccnc3ccccc23)cc1. The summed E-state index contributed by atoms with van der Waals surface area (Å²) in [7, 11) is 0. The second-order valence-corrected chi connectivity index (χ2v) is 12.0. The highest BCUT2D eigenvalue weighted by Crippen LogP contribution is 2.22. The molecule has 2 heteroatoms. The second-order valence-electron chi connectivity index (χ2n) is 12.0. The molecule has 224 valence electrons. The summed E-state index contributed by atoms with van der Waals surface area (Å²) in [6, 6.07) is 19.6. The first-order valence-corrected chi connectivity index (χ1v) is 17.2. The van der Waals surface area contributed by atoms with Crippen molar-refractivity contribution in [3.63, 3.8) is 0 Å². The van der Waals surface area contributed by atoms with Gasteiger partial charge in [-0.05, 0) is 48.2 Å². The lowest BCUT2D eigenvalue weighted by Gasteiger charge is -2.25. The molecule has 0 N–H and O–H groups in total. The zero-order chi connectivity index (χ0) is 28.8. The predicted molar refractivity (Wildman–Crippen MR) is 184 cm³/mol. The topological polar surface area (TPSA) is 16.1 Å². The molecule has 0 aliphatic carbocycles. The average Bonchev–Trinajstić information content (AvgIpc) is 3.01. The summed E-state index contributed by atoms with van der Waals surface area (Å²) in [6.45, 7) is 6.93. The number of hydrogen-bond donors (Lipinski definition) is 0. The first-order valence-electron chi connectivity index (χ1n) is 17.2. The lowest BCUT2D eigenvalue weighted by Crippen LogP contribution is -2.25. The number of fused-ring (bicyclic) bond motifs is 1. The number of benzene rings is 2. The van der Waals surface area contributed by atoms with Crippen LogP contribution in [0.15, 0.2) is 60.8 Å². The fourth-order valence-electron chi connectivity index (χ4n) is 5.82. The number of unbranched alkanes of at least 4 members (excludes halogenated alkanes) is 16. The smallest absolute Gasteiger partial charge is 0.0707 e. The number of anilines is 1. The molecular weight excluding hydrogens is 496 g/mol. The van der Waals surface area contributed by atoms with Gasteiger partial charge in [0.05, 0.1) is 5.52 Å². The lowest BCUT2D eigenvalue weighted by atomic mass is 10.0. The van der Waals surface area contributed by atoms with Gasteiger partial charge in [0.15, 0.2) is 0 Å². The molecule has 2 nitrogen and oxygen atoms in total. The van der Waals surface area contributed by atoms with Crippen molar-refractivity contribution in [2.24, 2.45) is 0 Å². The number of pyridine rings is 1. The predicted octanol–water partition coefficient (Wildman–Crippen LogP) is 12.3. The quantitative estimate of drug-likeness (QED) is 0.108. The standard InChI is InChI=1S/C39H58N2/c1-3-5-7-8-9-10-11-12-13-14-15-16-17-18-19-22-34-41(33-6-4-2)37-29-26-35(27-30-37)25-28-36-31-32-40-39-24-21-20-23-38(36)39/h20-21,23-32H,3-19,22,33-34H2,1-2H3/b28-25+. The molecule has 1 heterocycles. The molecule has 41 heavy (non-hydrogen) atoms. The van der Waals surface area contributed by atoms with Gasteiger partial charge in [0.1, 0.15) is 0 Å². The van der Waals surface area contributed by atoms with Crippen LogP contribution >= 0.6 is 0 Å². The van der Waals surface area contributed by atoms with E-state index in [9.17, 15) is 0 Å². The molecule has 0 aliphatic heterocycles. The molecule has 0 unspecified atom stereocenters. The van der Waals surface area contributed by atoms with E-state index in [-0.39, 0.29) is 0 Å². The minimum atomic E-state index is 1.05. The van der Waals surface area contributed by atoms with Gasteiger partial charge in [0.2, 0.25) is 0 Å². The third-order valence-corrected chi connectivity index (χ3v) is 8.46. The van der Waals surface area contributed by atoms with E-state index in [0.29, 0.717) is 0 Å². The van der Waals surface area contributed by atoms with Crippen LogP contribution in [0.5, 0.6) is 0 Å². The van der Waals surface area contributed by atoms with Crippen LogP contribution in [0.1, 0.15) is 141 Å². The zero-order valence-electron chi connectivity index (χ0n) is 26.5. The Morgan fingerprint density at radius 2 is 1.07 bits per heavy atom. The molecule has 0 atom stereocenters. The van der Waals surface area contributed by atoms with Gasteiger partial charge in [-0.15, -0.1) is 0 Å². The first-order chi connectivity index (χ1) is 20.3. The van der Waals surface area contributed by atoms with Crippen LogP contribution in [0.2, 0.25) is 0 Å². The van der Waals surface area contributed by atoms with Gasteiger partial charge in [-0.3, -0.25) is 4.98 Å². The van der Waals surface area contributed by atoms with Crippen LogP contribution in [-0.2, 0) is 0 Å². The van der Waals surface area contributed by atoms with Gasteiger partial charge in [0, 0.05) is 30.4 Å². The maximum Gasteiger partial charge on any atom is 0.0707 e. The fourth-order valence-corrected chi connectivity index (χ4v) is 5.82. The van der Waals surface area contributed by atoms with Gasteiger partial charge >= 0.3 is 0 Å². The second kappa shape index (κ2) is 21.1. The van der Waals surface area contributed by atoms with E-state index in [1.165, 1.54) is 144 Å². The minimum Gasteiger partial charge on any atom is -0.372 e.